The Labute approximate surface area is 120 Å². The zero-order chi connectivity index (χ0) is 14.6. The van der Waals surface area contributed by atoms with E-state index >= 15 is 0 Å². The SMILES string of the molecule is O=C(O)C1=CC2=C(CC1=O)C[C@@]1(CNc3ncncc31)C2. The summed E-state index contributed by atoms with van der Waals surface area (Å²) in [6.07, 6.45) is 6.62. The lowest BCUT2D eigenvalue weighted by Gasteiger charge is -2.23. The number of carboxylic acids is 1. The molecule has 1 atom stereocenters. The Balaban J connectivity index is 1.73. The van der Waals surface area contributed by atoms with Gasteiger partial charge in [-0.25, -0.2) is 14.8 Å². The molecule has 21 heavy (non-hydrogen) atoms. The Morgan fingerprint density at radius 2 is 2.24 bits per heavy atom. The van der Waals surface area contributed by atoms with E-state index in [0.717, 1.165) is 41.9 Å². The average molecular weight is 283 g/mol. The number of nitrogens with one attached hydrogen (secondary N) is 1. The van der Waals surface area contributed by atoms with E-state index < -0.39 is 5.97 Å². The molecule has 0 amide bonds. The van der Waals surface area contributed by atoms with Crippen LogP contribution in [-0.4, -0.2) is 33.4 Å². The van der Waals surface area contributed by atoms with Crippen LogP contribution >= 0.6 is 0 Å². The number of nitrogens with zero attached hydrogens (tertiary/aromatic N) is 2. The second kappa shape index (κ2) is 4.00. The summed E-state index contributed by atoms with van der Waals surface area (Å²) in [5, 5.41) is 12.4. The molecule has 0 fully saturated rings. The van der Waals surface area contributed by atoms with Gasteiger partial charge in [0.05, 0.1) is 0 Å². The van der Waals surface area contributed by atoms with Crippen LogP contribution in [0.15, 0.2) is 35.3 Å². The Morgan fingerprint density at radius 1 is 1.38 bits per heavy atom. The van der Waals surface area contributed by atoms with Crippen molar-refractivity contribution in [2.75, 3.05) is 11.9 Å². The summed E-state index contributed by atoms with van der Waals surface area (Å²) in [5.41, 5.74) is 2.89. The fraction of sp³-hybridized carbons (Fsp3) is 0.333. The van der Waals surface area contributed by atoms with Crippen LogP contribution < -0.4 is 5.32 Å². The van der Waals surface area contributed by atoms with Gasteiger partial charge in [0.25, 0.3) is 0 Å². The van der Waals surface area contributed by atoms with Crippen molar-refractivity contribution in [3.8, 4) is 0 Å². The summed E-state index contributed by atoms with van der Waals surface area (Å²) < 4.78 is 0. The quantitative estimate of drug-likeness (QED) is 0.753. The van der Waals surface area contributed by atoms with Gasteiger partial charge in [-0.2, -0.15) is 0 Å². The Bertz CT molecular complexity index is 750. The van der Waals surface area contributed by atoms with Crippen LogP contribution in [0.3, 0.4) is 0 Å². The van der Waals surface area contributed by atoms with Gasteiger partial charge in [-0.1, -0.05) is 5.57 Å². The number of rotatable bonds is 1. The summed E-state index contributed by atoms with van der Waals surface area (Å²) in [5.74, 6) is -0.590. The van der Waals surface area contributed by atoms with Gasteiger partial charge in [-0.3, -0.25) is 4.79 Å². The van der Waals surface area contributed by atoms with E-state index in [-0.39, 0.29) is 23.2 Å². The highest BCUT2D eigenvalue weighted by Gasteiger charge is 2.46. The van der Waals surface area contributed by atoms with Gasteiger partial charge in [0.15, 0.2) is 5.78 Å². The van der Waals surface area contributed by atoms with Gasteiger partial charge >= 0.3 is 5.97 Å². The van der Waals surface area contributed by atoms with Crippen molar-refractivity contribution in [3.05, 3.63) is 40.9 Å². The monoisotopic (exact) mass is 283 g/mol. The standard InChI is InChI=1S/C15H13N3O3/c19-12-2-9-4-15(3-8(9)1-10(12)14(20)21)6-17-13-11(15)5-16-7-18-13/h1,5,7H,2-4,6H2,(H,20,21)(H,16,17,18)/t15-/m1/s1. The smallest absolute Gasteiger partial charge is 0.339 e. The van der Waals surface area contributed by atoms with Crippen molar-refractivity contribution in [2.24, 2.45) is 0 Å². The third kappa shape index (κ3) is 1.65. The fourth-order valence-corrected chi connectivity index (χ4v) is 3.65. The maximum atomic E-state index is 11.9. The first-order valence-electron chi connectivity index (χ1n) is 6.82. The number of ketones is 1. The van der Waals surface area contributed by atoms with Crippen LogP contribution in [0.5, 0.6) is 0 Å². The van der Waals surface area contributed by atoms with Crippen molar-refractivity contribution < 1.29 is 14.7 Å². The molecule has 1 spiro atoms. The van der Waals surface area contributed by atoms with Gasteiger partial charge in [0.1, 0.15) is 17.7 Å². The molecule has 2 aliphatic carbocycles. The molecule has 4 rings (SSSR count). The maximum Gasteiger partial charge on any atom is 0.339 e. The summed E-state index contributed by atoms with van der Waals surface area (Å²) in [7, 11) is 0. The van der Waals surface area contributed by atoms with Crippen molar-refractivity contribution in [3.63, 3.8) is 0 Å². The minimum Gasteiger partial charge on any atom is -0.478 e. The molecule has 0 saturated carbocycles. The predicted octanol–water partition coefficient (Wildman–Crippen LogP) is 1.21. The number of hydrogen-bond donors (Lipinski definition) is 2. The zero-order valence-corrected chi connectivity index (χ0v) is 11.2. The summed E-state index contributed by atoms with van der Waals surface area (Å²) >= 11 is 0. The Morgan fingerprint density at radius 3 is 3.05 bits per heavy atom. The van der Waals surface area contributed by atoms with Gasteiger partial charge in [-0.05, 0) is 24.5 Å². The molecule has 106 valence electrons. The molecular weight excluding hydrogens is 270 g/mol. The first-order valence-corrected chi connectivity index (χ1v) is 6.82. The van der Waals surface area contributed by atoms with Crippen LogP contribution in [-0.2, 0) is 15.0 Å². The third-order valence-electron chi connectivity index (χ3n) is 4.64. The number of carbonyl (C=O) groups is 2. The second-order valence-corrected chi connectivity index (χ2v) is 5.86. The lowest BCUT2D eigenvalue weighted by atomic mass is 9.80. The highest BCUT2D eigenvalue weighted by atomic mass is 16.4. The van der Waals surface area contributed by atoms with Crippen LogP contribution in [0.1, 0.15) is 24.8 Å². The van der Waals surface area contributed by atoms with E-state index in [1.54, 1.807) is 6.08 Å². The molecule has 1 aliphatic heterocycles. The predicted molar refractivity (Wildman–Crippen MR) is 73.8 cm³/mol. The highest BCUT2D eigenvalue weighted by molar-refractivity contribution is 6.18. The minimum absolute atomic E-state index is 0.0960. The van der Waals surface area contributed by atoms with Gasteiger partial charge in [-0.15, -0.1) is 0 Å². The van der Waals surface area contributed by atoms with E-state index in [2.05, 4.69) is 15.3 Å². The average Bonchev–Trinajstić information content (AvgIpc) is 2.99. The maximum absolute atomic E-state index is 11.9. The zero-order valence-electron chi connectivity index (χ0n) is 11.2. The summed E-state index contributed by atoms with van der Waals surface area (Å²) in [4.78, 5) is 31.4. The molecule has 3 aliphatic rings. The molecule has 0 bridgehead atoms. The molecule has 2 heterocycles. The van der Waals surface area contributed by atoms with Gasteiger partial charge < -0.3 is 10.4 Å². The third-order valence-corrected chi connectivity index (χ3v) is 4.64. The largest absolute Gasteiger partial charge is 0.478 e. The van der Waals surface area contributed by atoms with Crippen LogP contribution in [0.25, 0.3) is 0 Å². The van der Waals surface area contributed by atoms with Crippen molar-refractivity contribution >= 4 is 17.6 Å². The number of allylic oxidation sites excluding steroid dienone is 3. The number of fused-ring (bicyclic) bond motifs is 2. The van der Waals surface area contributed by atoms with E-state index in [0.29, 0.717) is 0 Å². The summed E-state index contributed by atoms with van der Waals surface area (Å²) in [6, 6.07) is 0. The topological polar surface area (TPSA) is 92.2 Å². The molecule has 1 aromatic heterocycles. The molecular formula is C15H13N3O3. The number of carboxylic acid groups (broad SMARTS) is 1. The lowest BCUT2D eigenvalue weighted by Crippen LogP contribution is -2.25. The molecule has 1 aromatic rings. The molecule has 6 heteroatoms. The Hall–Kier alpha value is -2.50. The fourth-order valence-electron chi connectivity index (χ4n) is 3.65. The van der Waals surface area contributed by atoms with Crippen LogP contribution in [0, 0.1) is 0 Å². The number of aliphatic carboxylic acids is 1. The molecule has 2 N–H and O–H groups in total. The lowest BCUT2D eigenvalue weighted by molar-refractivity contribution is -0.134. The Kier molecular flexibility index (Phi) is 2.34. The molecule has 0 unspecified atom stereocenters. The molecule has 0 aromatic carbocycles. The van der Waals surface area contributed by atoms with E-state index in [4.69, 9.17) is 5.11 Å². The number of anilines is 1. The van der Waals surface area contributed by atoms with Gasteiger partial charge in [0, 0.05) is 30.1 Å². The van der Waals surface area contributed by atoms with E-state index in [1.165, 1.54) is 6.33 Å². The van der Waals surface area contributed by atoms with Crippen molar-refractivity contribution in [1.82, 2.24) is 9.97 Å². The second-order valence-electron chi connectivity index (χ2n) is 5.86. The van der Waals surface area contributed by atoms with Crippen LogP contribution in [0.4, 0.5) is 5.82 Å². The highest BCUT2D eigenvalue weighted by Crippen LogP contribution is 2.51. The summed E-state index contributed by atoms with van der Waals surface area (Å²) in [6.45, 7) is 0.748. The van der Waals surface area contributed by atoms with Gasteiger partial charge in [0.2, 0.25) is 0 Å². The van der Waals surface area contributed by atoms with E-state index in [1.807, 2.05) is 6.20 Å². The first-order chi connectivity index (χ1) is 10.1. The number of hydrogen-bond acceptors (Lipinski definition) is 5. The first kappa shape index (κ1) is 12.3. The molecule has 6 nitrogen and oxygen atoms in total. The number of Topliss-reactive ketones (excluding diaryl/α,β-unsaturated/α-hetero) is 1. The van der Waals surface area contributed by atoms with Crippen molar-refractivity contribution in [2.45, 2.75) is 24.7 Å². The number of carbonyl (C=O) groups excluding carboxylic acids is 1. The van der Waals surface area contributed by atoms with E-state index in [9.17, 15) is 9.59 Å². The van der Waals surface area contributed by atoms with Crippen LogP contribution in [0.2, 0.25) is 0 Å². The molecule has 0 saturated heterocycles. The van der Waals surface area contributed by atoms with Crippen molar-refractivity contribution in [1.29, 1.82) is 0 Å². The number of aromatic nitrogens is 2. The normalized spacial score (nSPS) is 26.5. The minimum atomic E-state index is -1.14. The molecule has 0 radical (unpaired) electrons.